The van der Waals surface area contributed by atoms with Crippen LogP contribution in [0.15, 0.2) is 29.2 Å². The van der Waals surface area contributed by atoms with Crippen LogP contribution in [0.5, 0.6) is 5.75 Å². The summed E-state index contributed by atoms with van der Waals surface area (Å²) in [4.78, 5) is 37.6. The molecule has 2 N–H and O–H groups in total. The largest absolute Gasteiger partial charge is 0.497 e. The average Bonchev–Trinajstić information content (AvgIpc) is 2.93. The Hall–Kier alpha value is -2.39. The molecule has 150 valence electrons. The van der Waals surface area contributed by atoms with Crippen molar-refractivity contribution in [3.63, 3.8) is 0 Å². The number of nitrogens with zero attached hydrogens (tertiary/aromatic N) is 1. The summed E-state index contributed by atoms with van der Waals surface area (Å²) in [6, 6.07) is 6.34. The maximum Gasteiger partial charge on any atom is 0.326 e. The van der Waals surface area contributed by atoms with Crippen LogP contribution in [0.4, 0.5) is 0 Å². The third-order valence-electron chi connectivity index (χ3n) is 4.06. The molecule has 0 aliphatic carbocycles. The van der Waals surface area contributed by atoms with Gasteiger partial charge in [-0.15, -0.1) is 0 Å². The van der Waals surface area contributed by atoms with Gasteiger partial charge in [-0.05, 0) is 30.2 Å². The Morgan fingerprint density at radius 1 is 1.36 bits per heavy atom. The Balaban J connectivity index is 1.96. The van der Waals surface area contributed by atoms with Crippen molar-refractivity contribution in [2.24, 2.45) is 0 Å². The predicted molar refractivity (Wildman–Crippen MR) is 112 cm³/mol. The fourth-order valence-electron chi connectivity index (χ4n) is 2.57. The number of carbonyl (C=O) groups excluding carboxylic acids is 2. The second-order valence-corrected chi connectivity index (χ2v) is 7.78. The second kappa shape index (κ2) is 10.2. The topological polar surface area (TPSA) is 95.9 Å². The van der Waals surface area contributed by atoms with E-state index in [1.165, 1.54) is 16.7 Å². The lowest BCUT2D eigenvalue weighted by molar-refractivity contribution is -0.142. The molecular weight excluding hydrogens is 400 g/mol. The molecule has 2 rings (SSSR count). The van der Waals surface area contributed by atoms with Crippen LogP contribution >= 0.6 is 24.0 Å². The zero-order valence-electron chi connectivity index (χ0n) is 15.6. The van der Waals surface area contributed by atoms with Crippen molar-refractivity contribution in [1.82, 2.24) is 10.2 Å². The summed E-state index contributed by atoms with van der Waals surface area (Å²) in [5, 5.41) is 11.6. The van der Waals surface area contributed by atoms with Crippen LogP contribution in [0.1, 0.15) is 31.7 Å². The fourth-order valence-corrected chi connectivity index (χ4v) is 3.88. The molecule has 1 aliphatic heterocycles. The van der Waals surface area contributed by atoms with E-state index in [0.717, 1.165) is 11.3 Å². The minimum Gasteiger partial charge on any atom is -0.497 e. The number of benzene rings is 1. The molecule has 0 saturated carbocycles. The van der Waals surface area contributed by atoms with E-state index in [-0.39, 0.29) is 18.9 Å². The standard InChI is InChI=1S/C19H22N2O5S2/c1-3-4-14(18(24)25)20-16(22)9-10-21-17(23)15(28-19(21)27)11-12-5-7-13(26-2)8-6-12/h5-8,11,14H,3-4,9-10H2,1-2H3,(H,20,22)(H,24,25)/b15-11+/t14-/m0/s1. The summed E-state index contributed by atoms with van der Waals surface area (Å²) in [5.74, 6) is -1.03. The summed E-state index contributed by atoms with van der Waals surface area (Å²) >= 11 is 6.43. The maximum atomic E-state index is 12.6. The molecule has 0 unspecified atom stereocenters. The predicted octanol–water partition coefficient (Wildman–Crippen LogP) is 2.66. The first-order chi connectivity index (χ1) is 13.3. The highest BCUT2D eigenvalue weighted by molar-refractivity contribution is 8.26. The number of carbonyl (C=O) groups is 3. The van der Waals surface area contributed by atoms with Crippen molar-refractivity contribution in [2.75, 3.05) is 13.7 Å². The van der Waals surface area contributed by atoms with E-state index in [0.29, 0.717) is 22.1 Å². The highest BCUT2D eigenvalue weighted by Gasteiger charge is 2.32. The lowest BCUT2D eigenvalue weighted by atomic mass is 10.1. The Morgan fingerprint density at radius 2 is 2.04 bits per heavy atom. The summed E-state index contributed by atoms with van der Waals surface area (Å²) in [7, 11) is 1.58. The van der Waals surface area contributed by atoms with Crippen molar-refractivity contribution in [3.05, 3.63) is 34.7 Å². The van der Waals surface area contributed by atoms with Crippen LogP contribution in [0.25, 0.3) is 6.08 Å². The van der Waals surface area contributed by atoms with E-state index < -0.39 is 17.9 Å². The monoisotopic (exact) mass is 422 g/mol. The zero-order chi connectivity index (χ0) is 20.7. The maximum absolute atomic E-state index is 12.6. The third-order valence-corrected chi connectivity index (χ3v) is 5.44. The lowest BCUT2D eigenvalue weighted by Crippen LogP contribution is -2.42. The van der Waals surface area contributed by atoms with Gasteiger partial charge >= 0.3 is 5.97 Å². The molecular formula is C19H22N2O5S2. The smallest absolute Gasteiger partial charge is 0.326 e. The van der Waals surface area contributed by atoms with Gasteiger partial charge in [-0.3, -0.25) is 14.5 Å². The van der Waals surface area contributed by atoms with Crippen LogP contribution in [-0.4, -0.2) is 51.8 Å². The lowest BCUT2D eigenvalue weighted by Gasteiger charge is -2.16. The molecule has 2 amide bonds. The number of ether oxygens (including phenoxy) is 1. The second-order valence-electron chi connectivity index (χ2n) is 6.10. The van der Waals surface area contributed by atoms with Gasteiger partial charge in [0.05, 0.1) is 12.0 Å². The number of aliphatic carboxylic acids is 1. The Kier molecular flexibility index (Phi) is 8.01. The molecule has 9 heteroatoms. The number of thiocarbonyl (C=S) groups is 1. The molecule has 1 fully saturated rings. The van der Waals surface area contributed by atoms with E-state index >= 15 is 0 Å². The van der Waals surface area contributed by atoms with E-state index in [4.69, 9.17) is 22.1 Å². The van der Waals surface area contributed by atoms with Crippen molar-refractivity contribution in [3.8, 4) is 5.75 Å². The van der Waals surface area contributed by atoms with Gasteiger partial charge in [0.15, 0.2) is 0 Å². The zero-order valence-corrected chi connectivity index (χ0v) is 17.3. The summed E-state index contributed by atoms with van der Waals surface area (Å²) in [5.41, 5.74) is 0.836. The molecule has 1 aliphatic rings. The number of carboxylic acids is 1. The Labute approximate surface area is 173 Å². The van der Waals surface area contributed by atoms with Crippen LogP contribution in [0.2, 0.25) is 0 Å². The molecule has 0 spiro atoms. The number of thioether (sulfide) groups is 1. The summed E-state index contributed by atoms with van der Waals surface area (Å²) < 4.78 is 5.49. The van der Waals surface area contributed by atoms with Crippen molar-refractivity contribution in [1.29, 1.82) is 0 Å². The third kappa shape index (κ3) is 5.80. The molecule has 1 heterocycles. The van der Waals surface area contributed by atoms with Crippen molar-refractivity contribution >= 4 is 52.2 Å². The highest BCUT2D eigenvalue weighted by atomic mass is 32.2. The molecule has 0 bridgehead atoms. The molecule has 7 nitrogen and oxygen atoms in total. The number of hydrogen-bond acceptors (Lipinski definition) is 6. The number of rotatable bonds is 9. The number of carboxylic acid groups (broad SMARTS) is 1. The van der Waals surface area contributed by atoms with Gasteiger partial charge in [-0.1, -0.05) is 49.5 Å². The fraction of sp³-hybridized carbons (Fsp3) is 0.368. The van der Waals surface area contributed by atoms with E-state index in [2.05, 4.69) is 5.32 Å². The highest BCUT2D eigenvalue weighted by Crippen LogP contribution is 2.32. The van der Waals surface area contributed by atoms with Gasteiger partial charge in [0.25, 0.3) is 5.91 Å². The minimum absolute atomic E-state index is 0.0181. The van der Waals surface area contributed by atoms with Crippen LogP contribution in [0.3, 0.4) is 0 Å². The number of nitrogens with one attached hydrogen (secondary N) is 1. The van der Waals surface area contributed by atoms with Gasteiger partial charge in [0.1, 0.15) is 16.1 Å². The number of hydrogen-bond donors (Lipinski definition) is 2. The first-order valence-electron chi connectivity index (χ1n) is 8.77. The summed E-state index contributed by atoms with van der Waals surface area (Å²) in [6.45, 7) is 1.95. The Bertz CT molecular complexity index is 792. The summed E-state index contributed by atoms with van der Waals surface area (Å²) in [6.07, 6.45) is 2.71. The van der Waals surface area contributed by atoms with Gasteiger partial charge < -0.3 is 15.2 Å². The van der Waals surface area contributed by atoms with Gasteiger partial charge in [-0.2, -0.15) is 0 Å². The number of amides is 2. The molecule has 28 heavy (non-hydrogen) atoms. The quantitative estimate of drug-likeness (QED) is 0.466. The first kappa shape index (κ1) is 21.9. The van der Waals surface area contributed by atoms with Crippen molar-refractivity contribution in [2.45, 2.75) is 32.2 Å². The van der Waals surface area contributed by atoms with E-state index in [1.54, 1.807) is 25.3 Å². The van der Waals surface area contributed by atoms with E-state index in [9.17, 15) is 14.4 Å². The number of methoxy groups -OCH3 is 1. The van der Waals surface area contributed by atoms with Gasteiger partial charge in [-0.25, -0.2) is 4.79 Å². The van der Waals surface area contributed by atoms with Gasteiger partial charge in [0, 0.05) is 13.0 Å². The minimum atomic E-state index is -1.07. The molecule has 0 radical (unpaired) electrons. The Morgan fingerprint density at radius 3 is 2.61 bits per heavy atom. The first-order valence-corrected chi connectivity index (χ1v) is 9.99. The van der Waals surface area contributed by atoms with Gasteiger partial charge in [0.2, 0.25) is 5.91 Å². The molecule has 0 aromatic heterocycles. The van der Waals surface area contributed by atoms with Crippen LogP contribution in [-0.2, 0) is 14.4 Å². The molecule has 1 atom stereocenters. The van der Waals surface area contributed by atoms with E-state index in [1.807, 2.05) is 19.1 Å². The van der Waals surface area contributed by atoms with Crippen molar-refractivity contribution < 1.29 is 24.2 Å². The molecule has 1 saturated heterocycles. The van der Waals surface area contributed by atoms with Crippen LogP contribution < -0.4 is 10.1 Å². The normalized spacial score (nSPS) is 16.4. The molecule has 1 aromatic carbocycles. The van der Waals surface area contributed by atoms with Crippen LogP contribution in [0, 0.1) is 0 Å². The molecule has 1 aromatic rings. The SMILES string of the molecule is CCC[C@H](NC(=O)CCN1C(=O)/C(=C\c2ccc(OC)cc2)SC1=S)C(=O)O. The average molecular weight is 423 g/mol.